The largest absolute Gasteiger partial charge is 0.496 e. The molecule has 114 valence electrons. The normalized spacial score (nSPS) is 9.91. The number of hydrogen-bond acceptors (Lipinski definition) is 3. The second kappa shape index (κ2) is 7.26. The number of carbonyl (C=O) groups is 2. The highest BCUT2D eigenvalue weighted by molar-refractivity contribution is 6.06. The van der Waals surface area contributed by atoms with E-state index in [2.05, 4.69) is 10.6 Å². The SMILES string of the molecule is CCC(=O)Nc1ccc(NC(=O)c2ccccc2OC)cc1. The zero-order valence-corrected chi connectivity index (χ0v) is 12.6. The van der Waals surface area contributed by atoms with Crippen LogP contribution in [-0.2, 0) is 4.79 Å². The zero-order chi connectivity index (χ0) is 15.9. The van der Waals surface area contributed by atoms with Gasteiger partial charge in [-0.15, -0.1) is 0 Å². The van der Waals surface area contributed by atoms with Gasteiger partial charge in [0.2, 0.25) is 5.91 Å². The third-order valence-corrected chi connectivity index (χ3v) is 3.10. The van der Waals surface area contributed by atoms with Gasteiger partial charge < -0.3 is 15.4 Å². The van der Waals surface area contributed by atoms with Crippen LogP contribution in [0.2, 0.25) is 0 Å². The standard InChI is InChI=1S/C17H18N2O3/c1-3-16(20)18-12-8-10-13(11-9-12)19-17(21)14-6-4-5-7-15(14)22-2/h4-11H,3H2,1-2H3,(H,18,20)(H,19,21). The Morgan fingerprint density at radius 3 is 2.14 bits per heavy atom. The fourth-order valence-electron chi connectivity index (χ4n) is 1.92. The maximum absolute atomic E-state index is 12.2. The Kier molecular flexibility index (Phi) is 5.14. The molecule has 2 aromatic carbocycles. The van der Waals surface area contributed by atoms with Gasteiger partial charge in [0.1, 0.15) is 5.75 Å². The van der Waals surface area contributed by atoms with Crippen LogP contribution >= 0.6 is 0 Å². The average Bonchev–Trinajstić information content (AvgIpc) is 2.56. The Labute approximate surface area is 129 Å². The molecular formula is C17H18N2O3. The molecular weight excluding hydrogens is 280 g/mol. The molecule has 2 amide bonds. The number of carbonyl (C=O) groups excluding carboxylic acids is 2. The molecule has 22 heavy (non-hydrogen) atoms. The van der Waals surface area contributed by atoms with Gasteiger partial charge in [0.15, 0.2) is 0 Å². The molecule has 0 heterocycles. The van der Waals surface area contributed by atoms with E-state index in [1.165, 1.54) is 7.11 Å². The number of amides is 2. The molecule has 0 spiro atoms. The summed E-state index contributed by atoms with van der Waals surface area (Å²) in [5.41, 5.74) is 1.81. The summed E-state index contributed by atoms with van der Waals surface area (Å²) in [4.78, 5) is 23.5. The Morgan fingerprint density at radius 2 is 1.55 bits per heavy atom. The summed E-state index contributed by atoms with van der Waals surface area (Å²) in [6, 6.07) is 14.0. The fourth-order valence-corrected chi connectivity index (χ4v) is 1.92. The smallest absolute Gasteiger partial charge is 0.259 e. The van der Waals surface area contributed by atoms with E-state index in [0.717, 1.165) is 0 Å². The highest BCUT2D eigenvalue weighted by atomic mass is 16.5. The summed E-state index contributed by atoms with van der Waals surface area (Å²) < 4.78 is 5.17. The van der Waals surface area contributed by atoms with E-state index in [-0.39, 0.29) is 11.8 Å². The van der Waals surface area contributed by atoms with E-state index in [9.17, 15) is 9.59 Å². The lowest BCUT2D eigenvalue weighted by Gasteiger charge is -2.10. The van der Waals surface area contributed by atoms with E-state index in [1.54, 1.807) is 55.5 Å². The number of anilines is 2. The minimum atomic E-state index is -0.247. The molecule has 0 fully saturated rings. The van der Waals surface area contributed by atoms with E-state index in [1.807, 2.05) is 0 Å². The van der Waals surface area contributed by atoms with Crippen molar-refractivity contribution in [3.8, 4) is 5.75 Å². The lowest BCUT2D eigenvalue weighted by molar-refractivity contribution is -0.115. The maximum Gasteiger partial charge on any atom is 0.259 e. The summed E-state index contributed by atoms with van der Waals surface area (Å²) in [5.74, 6) is 0.223. The van der Waals surface area contributed by atoms with Crippen molar-refractivity contribution in [2.24, 2.45) is 0 Å². The van der Waals surface area contributed by atoms with Crippen molar-refractivity contribution in [3.63, 3.8) is 0 Å². The van der Waals surface area contributed by atoms with Crippen LogP contribution in [0.25, 0.3) is 0 Å². The highest BCUT2D eigenvalue weighted by Gasteiger charge is 2.11. The van der Waals surface area contributed by atoms with Gasteiger partial charge in [0, 0.05) is 17.8 Å². The van der Waals surface area contributed by atoms with Gasteiger partial charge in [-0.1, -0.05) is 19.1 Å². The molecule has 0 saturated heterocycles. The first-order chi connectivity index (χ1) is 10.6. The number of methoxy groups -OCH3 is 1. The first-order valence-electron chi connectivity index (χ1n) is 6.98. The fraction of sp³-hybridized carbons (Fsp3) is 0.176. The van der Waals surface area contributed by atoms with Crippen LogP contribution in [0.4, 0.5) is 11.4 Å². The lowest BCUT2D eigenvalue weighted by atomic mass is 10.2. The van der Waals surface area contributed by atoms with E-state index < -0.39 is 0 Å². The number of para-hydroxylation sites is 1. The lowest BCUT2D eigenvalue weighted by Crippen LogP contribution is -2.13. The third-order valence-electron chi connectivity index (χ3n) is 3.10. The van der Waals surface area contributed by atoms with Gasteiger partial charge in [0.25, 0.3) is 5.91 Å². The molecule has 5 nitrogen and oxygen atoms in total. The highest BCUT2D eigenvalue weighted by Crippen LogP contribution is 2.20. The number of nitrogens with one attached hydrogen (secondary N) is 2. The van der Waals surface area contributed by atoms with Crippen LogP contribution in [-0.4, -0.2) is 18.9 Å². The molecule has 0 aliphatic heterocycles. The maximum atomic E-state index is 12.2. The van der Waals surface area contributed by atoms with Gasteiger partial charge >= 0.3 is 0 Å². The minimum Gasteiger partial charge on any atom is -0.496 e. The Bertz CT molecular complexity index is 666. The van der Waals surface area contributed by atoms with Crippen molar-refractivity contribution in [2.75, 3.05) is 17.7 Å². The van der Waals surface area contributed by atoms with Crippen LogP contribution < -0.4 is 15.4 Å². The molecule has 0 aromatic heterocycles. The summed E-state index contributed by atoms with van der Waals surface area (Å²) >= 11 is 0. The van der Waals surface area contributed by atoms with Crippen molar-refractivity contribution in [3.05, 3.63) is 54.1 Å². The van der Waals surface area contributed by atoms with Gasteiger partial charge in [-0.25, -0.2) is 0 Å². The Hall–Kier alpha value is -2.82. The second-order valence-electron chi connectivity index (χ2n) is 4.63. The van der Waals surface area contributed by atoms with Gasteiger partial charge in [-0.3, -0.25) is 9.59 Å². The Balaban J connectivity index is 2.07. The number of hydrogen-bond donors (Lipinski definition) is 2. The molecule has 0 aliphatic rings. The number of benzene rings is 2. The summed E-state index contributed by atoms with van der Waals surface area (Å²) in [7, 11) is 1.53. The summed E-state index contributed by atoms with van der Waals surface area (Å²) in [6.07, 6.45) is 0.423. The average molecular weight is 298 g/mol. The van der Waals surface area contributed by atoms with Crippen LogP contribution in [0, 0.1) is 0 Å². The van der Waals surface area contributed by atoms with Crippen molar-refractivity contribution in [1.82, 2.24) is 0 Å². The first kappa shape index (κ1) is 15.6. The predicted octanol–water partition coefficient (Wildman–Crippen LogP) is 3.30. The first-order valence-corrected chi connectivity index (χ1v) is 6.98. The quantitative estimate of drug-likeness (QED) is 0.890. The third kappa shape index (κ3) is 3.85. The molecule has 5 heteroatoms. The van der Waals surface area contributed by atoms with Gasteiger partial charge in [-0.2, -0.15) is 0 Å². The van der Waals surface area contributed by atoms with Crippen LogP contribution in [0.3, 0.4) is 0 Å². The minimum absolute atomic E-state index is 0.0502. The van der Waals surface area contributed by atoms with Crippen LogP contribution in [0.15, 0.2) is 48.5 Å². The molecule has 0 saturated carbocycles. The van der Waals surface area contributed by atoms with Crippen molar-refractivity contribution in [1.29, 1.82) is 0 Å². The van der Waals surface area contributed by atoms with Gasteiger partial charge in [0.05, 0.1) is 12.7 Å². The van der Waals surface area contributed by atoms with E-state index in [4.69, 9.17) is 4.74 Å². The number of rotatable bonds is 5. The molecule has 0 atom stereocenters. The Morgan fingerprint density at radius 1 is 0.955 bits per heavy atom. The van der Waals surface area contributed by atoms with E-state index in [0.29, 0.717) is 29.1 Å². The molecule has 0 radical (unpaired) electrons. The zero-order valence-electron chi connectivity index (χ0n) is 12.6. The van der Waals surface area contributed by atoms with Crippen LogP contribution in [0.5, 0.6) is 5.75 Å². The molecule has 2 N–H and O–H groups in total. The second-order valence-corrected chi connectivity index (χ2v) is 4.63. The van der Waals surface area contributed by atoms with E-state index >= 15 is 0 Å². The topological polar surface area (TPSA) is 67.4 Å². The van der Waals surface area contributed by atoms with Crippen molar-refractivity contribution in [2.45, 2.75) is 13.3 Å². The van der Waals surface area contributed by atoms with Crippen molar-refractivity contribution >= 4 is 23.2 Å². The summed E-state index contributed by atoms with van der Waals surface area (Å²) in [5, 5.41) is 5.55. The molecule has 0 aliphatic carbocycles. The molecule has 2 rings (SSSR count). The van der Waals surface area contributed by atoms with Gasteiger partial charge in [-0.05, 0) is 36.4 Å². The van der Waals surface area contributed by atoms with Crippen LogP contribution in [0.1, 0.15) is 23.7 Å². The van der Waals surface area contributed by atoms with Crippen molar-refractivity contribution < 1.29 is 14.3 Å². The molecule has 0 bridgehead atoms. The molecule has 2 aromatic rings. The summed E-state index contributed by atoms with van der Waals surface area (Å²) in [6.45, 7) is 1.79. The number of ether oxygens (including phenoxy) is 1. The molecule has 0 unspecified atom stereocenters. The monoisotopic (exact) mass is 298 g/mol. The predicted molar refractivity (Wildman–Crippen MR) is 86.3 cm³/mol.